The standard InChI is InChI=1S/C21H19O4P/c22-20(15-6-10-16-8-2-1-3-9-16)21(26(23,24)25)19-14-7-12-17-11-4-5-13-18(17)19/h1-14,21H,15H2,(H2,23,24,25)/b10-6+. The average Bonchev–Trinajstić information content (AvgIpc) is 2.62. The van der Waals surface area contributed by atoms with Gasteiger partial charge < -0.3 is 9.79 Å². The Bertz CT molecular complexity index is 984. The molecule has 4 nitrogen and oxygen atoms in total. The highest BCUT2D eigenvalue weighted by Gasteiger charge is 2.37. The second-order valence-corrected chi connectivity index (χ2v) is 7.74. The molecule has 0 spiro atoms. The second kappa shape index (κ2) is 7.79. The molecular weight excluding hydrogens is 347 g/mol. The molecule has 3 rings (SSSR count). The maximum atomic E-state index is 12.7. The van der Waals surface area contributed by atoms with Crippen molar-refractivity contribution < 1.29 is 19.1 Å². The van der Waals surface area contributed by atoms with Gasteiger partial charge in [0.15, 0.2) is 5.78 Å². The lowest BCUT2D eigenvalue weighted by molar-refractivity contribution is -0.118. The quantitative estimate of drug-likeness (QED) is 0.619. The van der Waals surface area contributed by atoms with Gasteiger partial charge in [-0.2, -0.15) is 0 Å². The van der Waals surface area contributed by atoms with E-state index in [-0.39, 0.29) is 6.42 Å². The highest BCUT2D eigenvalue weighted by molar-refractivity contribution is 7.53. The van der Waals surface area contributed by atoms with E-state index in [0.29, 0.717) is 10.9 Å². The maximum absolute atomic E-state index is 12.7. The van der Waals surface area contributed by atoms with Crippen molar-refractivity contribution in [2.24, 2.45) is 0 Å². The molecule has 5 heteroatoms. The van der Waals surface area contributed by atoms with E-state index in [1.54, 1.807) is 36.4 Å². The number of carbonyl (C=O) groups is 1. The third kappa shape index (κ3) is 4.17. The van der Waals surface area contributed by atoms with E-state index >= 15 is 0 Å². The first-order valence-electron chi connectivity index (χ1n) is 8.24. The van der Waals surface area contributed by atoms with Gasteiger partial charge in [0.05, 0.1) is 0 Å². The predicted molar refractivity (Wildman–Crippen MR) is 104 cm³/mol. The van der Waals surface area contributed by atoms with Gasteiger partial charge in [-0.1, -0.05) is 84.9 Å². The second-order valence-electron chi connectivity index (χ2n) is 6.04. The molecule has 26 heavy (non-hydrogen) atoms. The minimum Gasteiger partial charge on any atom is -0.324 e. The number of allylic oxidation sites excluding steroid dienone is 1. The van der Waals surface area contributed by atoms with Crippen molar-refractivity contribution in [1.82, 2.24) is 0 Å². The van der Waals surface area contributed by atoms with Crippen molar-refractivity contribution in [2.45, 2.75) is 12.1 Å². The highest BCUT2D eigenvalue weighted by atomic mass is 31.2. The van der Waals surface area contributed by atoms with E-state index in [1.165, 1.54) is 0 Å². The Kier molecular flexibility index (Phi) is 5.48. The molecule has 0 radical (unpaired) electrons. The molecule has 0 aromatic heterocycles. The number of Topliss-reactive ketones (excluding diaryl/α,β-unsaturated/α-hetero) is 1. The van der Waals surface area contributed by atoms with Gasteiger partial charge >= 0.3 is 7.60 Å². The fourth-order valence-corrected chi connectivity index (χ4v) is 4.09. The van der Waals surface area contributed by atoms with Gasteiger partial charge in [-0.05, 0) is 21.9 Å². The largest absolute Gasteiger partial charge is 0.340 e. The predicted octanol–water partition coefficient (Wildman–Crippen LogP) is 4.73. The first kappa shape index (κ1) is 18.3. The fraction of sp³-hybridized carbons (Fsp3) is 0.0952. The lowest BCUT2D eigenvalue weighted by atomic mass is 9.99. The van der Waals surface area contributed by atoms with Crippen molar-refractivity contribution in [3.8, 4) is 0 Å². The first-order chi connectivity index (χ1) is 12.5. The van der Waals surface area contributed by atoms with Crippen molar-refractivity contribution in [3.63, 3.8) is 0 Å². The van der Waals surface area contributed by atoms with Crippen molar-refractivity contribution in [1.29, 1.82) is 0 Å². The molecule has 132 valence electrons. The van der Waals surface area contributed by atoms with Gasteiger partial charge in [-0.15, -0.1) is 0 Å². The molecule has 0 saturated heterocycles. The van der Waals surface area contributed by atoms with E-state index in [1.807, 2.05) is 48.5 Å². The van der Waals surface area contributed by atoms with Gasteiger partial charge in [0.1, 0.15) is 5.66 Å². The third-order valence-electron chi connectivity index (χ3n) is 4.19. The molecule has 0 fully saturated rings. The average molecular weight is 366 g/mol. The van der Waals surface area contributed by atoms with Crippen molar-refractivity contribution in [2.75, 3.05) is 0 Å². The van der Waals surface area contributed by atoms with Gasteiger partial charge in [-0.25, -0.2) is 0 Å². The van der Waals surface area contributed by atoms with Crippen molar-refractivity contribution in [3.05, 3.63) is 90.0 Å². The van der Waals surface area contributed by atoms with Crippen molar-refractivity contribution >= 4 is 30.2 Å². The minimum absolute atomic E-state index is 0.0477. The zero-order valence-corrected chi connectivity index (χ0v) is 14.9. The molecule has 0 aliphatic rings. The molecule has 0 aliphatic heterocycles. The smallest absolute Gasteiger partial charge is 0.324 e. The number of benzene rings is 3. The highest BCUT2D eigenvalue weighted by Crippen LogP contribution is 2.54. The van der Waals surface area contributed by atoms with Crippen LogP contribution in [-0.4, -0.2) is 15.6 Å². The monoisotopic (exact) mass is 366 g/mol. The summed E-state index contributed by atoms with van der Waals surface area (Å²) in [5.74, 6) is -0.498. The van der Waals surface area contributed by atoms with Crippen LogP contribution in [0, 0.1) is 0 Å². The molecule has 0 aliphatic carbocycles. The van der Waals surface area contributed by atoms with Gasteiger partial charge in [0.2, 0.25) is 0 Å². The van der Waals surface area contributed by atoms with E-state index in [4.69, 9.17) is 0 Å². The first-order valence-corrected chi connectivity index (χ1v) is 9.92. The lowest BCUT2D eigenvalue weighted by Crippen LogP contribution is -2.12. The SMILES string of the molecule is O=C(C/C=C/c1ccccc1)C(c1cccc2ccccc12)P(=O)(O)O. The molecule has 0 saturated carbocycles. The molecule has 1 atom stereocenters. The summed E-state index contributed by atoms with van der Waals surface area (Å²) in [7, 11) is -4.65. The number of fused-ring (bicyclic) bond motifs is 1. The number of carbonyl (C=O) groups excluding carboxylic acids is 1. The molecule has 3 aromatic carbocycles. The van der Waals surface area contributed by atoms with Crippen LogP contribution in [0.5, 0.6) is 0 Å². The summed E-state index contributed by atoms with van der Waals surface area (Å²) in [4.78, 5) is 32.4. The summed E-state index contributed by atoms with van der Waals surface area (Å²) in [5.41, 5.74) is -0.165. The van der Waals surface area contributed by atoms with E-state index in [9.17, 15) is 19.1 Å². The van der Waals surface area contributed by atoms with Crippen LogP contribution in [-0.2, 0) is 9.36 Å². The zero-order chi connectivity index (χ0) is 18.6. The topological polar surface area (TPSA) is 74.6 Å². The Morgan fingerprint density at radius 3 is 2.31 bits per heavy atom. The number of rotatable bonds is 6. The van der Waals surface area contributed by atoms with Crippen LogP contribution in [0.15, 0.2) is 78.9 Å². The number of hydrogen-bond acceptors (Lipinski definition) is 2. The van der Waals surface area contributed by atoms with Crippen LogP contribution >= 0.6 is 7.60 Å². The van der Waals surface area contributed by atoms with E-state index in [2.05, 4.69) is 0 Å². The number of ketones is 1. The molecule has 0 heterocycles. The zero-order valence-electron chi connectivity index (χ0n) is 14.0. The van der Waals surface area contributed by atoms with Crippen LogP contribution < -0.4 is 0 Å². The summed E-state index contributed by atoms with van der Waals surface area (Å²) >= 11 is 0. The maximum Gasteiger partial charge on any atom is 0.340 e. The summed E-state index contributed by atoms with van der Waals surface area (Å²) < 4.78 is 12.1. The van der Waals surface area contributed by atoms with Gasteiger partial charge in [0, 0.05) is 6.42 Å². The minimum atomic E-state index is -4.65. The summed E-state index contributed by atoms with van der Waals surface area (Å²) in [5, 5.41) is 1.53. The van der Waals surface area contributed by atoms with E-state index < -0.39 is 19.0 Å². The Balaban J connectivity index is 1.92. The van der Waals surface area contributed by atoms with Gasteiger partial charge in [-0.3, -0.25) is 9.36 Å². The molecule has 2 N–H and O–H groups in total. The fourth-order valence-electron chi connectivity index (χ4n) is 3.02. The third-order valence-corrected chi connectivity index (χ3v) is 5.43. The van der Waals surface area contributed by atoms with Crippen LogP contribution in [0.25, 0.3) is 16.8 Å². The summed E-state index contributed by atoms with van der Waals surface area (Å²) in [6.07, 6.45) is 3.37. The number of hydrogen-bond donors (Lipinski definition) is 2. The molecule has 0 bridgehead atoms. The Labute approximate surface area is 152 Å². The van der Waals surface area contributed by atoms with Crippen LogP contribution in [0.3, 0.4) is 0 Å². The Morgan fingerprint density at radius 1 is 0.923 bits per heavy atom. The normalized spacial score (nSPS) is 13.2. The van der Waals surface area contributed by atoms with Crippen LogP contribution in [0.4, 0.5) is 0 Å². The molecule has 1 unspecified atom stereocenters. The Hall–Kier alpha value is -2.52. The molecule has 0 amide bonds. The Morgan fingerprint density at radius 2 is 1.58 bits per heavy atom. The summed E-state index contributed by atoms with van der Waals surface area (Å²) in [6, 6.07) is 21.9. The van der Waals surface area contributed by atoms with Gasteiger partial charge in [0.25, 0.3) is 0 Å². The van der Waals surface area contributed by atoms with Crippen LogP contribution in [0.2, 0.25) is 0 Å². The van der Waals surface area contributed by atoms with E-state index in [0.717, 1.165) is 10.9 Å². The molecule has 3 aromatic rings. The van der Waals surface area contributed by atoms with Crippen LogP contribution in [0.1, 0.15) is 23.2 Å². The lowest BCUT2D eigenvalue weighted by Gasteiger charge is -2.19. The summed E-state index contributed by atoms with van der Waals surface area (Å²) in [6.45, 7) is 0. The molecular formula is C21H19O4P.